The Morgan fingerprint density at radius 1 is 1.15 bits per heavy atom. The lowest BCUT2D eigenvalue weighted by atomic mass is 10.4. The number of aromatic nitrogens is 2. The minimum absolute atomic E-state index is 0.125. The number of carbonyl (C=O) groups excluding carboxylic acids is 1. The van der Waals surface area contributed by atoms with Gasteiger partial charge in [0.25, 0.3) is 10.0 Å². The Balaban J connectivity index is 2.29. The predicted octanol–water partition coefficient (Wildman–Crippen LogP) is 4.16. The third-order valence-electron chi connectivity index (χ3n) is 3.35. The van der Waals surface area contributed by atoms with Crippen molar-refractivity contribution in [1.29, 1.82) is 0 Å². The van der Waals surface area contributed by atoms with Gasteiger partial charge in [-0.2, -0.15) is 13.2 Å². The first-order valence-corrected chi connectivity index (χ1v) is 9.60. The van der Waals surface area contributed by atoms with Crippen LogP contribution in [0, 0.1) is 0 Å². The zero-order valence-corrected chi connectivity index (χ0v) is 16.0. The van der Waals surface area contributed by atoms with E-state index in [2.05, 4.69) is 25.7 Å². The summed E-state index contributed by atoms with van der Waals surface area (Å²) in [6.45, 7) is 0. The molecule has 142 valence electrons. The van der Waals surface area contributed by atoms with Gasteiger partial charge in [-0.05, 0) is 40.2 Å². The fourth-order valence-electron chi connectivity index (χ4n) is 2.23. The molecule has 12 heteroatoms. The lowest BCUT2D eigenvalue weighted by Gasteiger charge is -2.09. The van der Waals surface area contributed by atoms with Crippen molar-refractivity contribution < 1.29 is 31.1 Å². The van der Waals surface area contributed by atoms with E-state index in [0.717, 1.165) is 0 Å². The standard InChI is InChI=1S/C15H7BrClF3N2O4S/c16-13-12(26-14(23)15(18,19)20)11-9(6-7-10(17)21-11)22(13)27(24,25)8-4-2-1-3-5-8/h1-7H. The summed E-state index contributed by atoms with van der Waals surface area (Å²) in [5, 5.41) is -0.131. The Morgan fingerprint density at radius 3 is 2.37 bits per heavy atom. The highest BCUT2D eigenvalue weighted by molar-refractivity contribution is 9.10. The minimum atomic E-state index is -5.29. The fourth-order valence-corrected chi connectivity index (χ4v) is 4.82. The summed E-state index contributed by atoms with van der Waals surface area (Å²) in [4.78, 5) is 14.9. The molecule has 0 spiro atoms. The van der Waals surface area contributed by atoms with E-state index >= 15 is 0 Å². The smallest absolute Gasteiger partial charge is 0.415 e. The van der Waals surface area contributed by atoms with Gasteiger partial charge < -0.3 is 4.74 Å². The molecule has 3 rings (SSSR count). The van der Waals surface area contributed by atoms with Crippen molar-refractivity contribution in [2.45, 2.75) is 11.1 Å². The van der Waals surface area contributed by atoms with Crippen LogP contribution in [0.4, 0.5) is 13.2 Å². The van der Waals surface area contributed by atoms with Crippen molar-refractivity contribution in [2.24, 2.45) is 0 Å². The van der Waals surface area contributed by atoms with Crippen LogP contribution in [0.1, 0.15) is 0 Å². The van der Waals surface area contributed by atoms with Crippen LogP contribution in [0.5, 0.6) is 5.75 Å². The monoisotopic (exact) mass is 482 g/mol. The molecule has 1 aromatic carbocycles. The lowest BCUT2D eigenvalue weighted by molar-refractivity contribution is -0.189. The molecule has 0 amide bonds. The van der Waals surface area contributed by atoms with Crippen molar-refractivity contribution >= 4 is 54.6 Å². The summed E-state index contributed by atoms with van der Waals surface area (Å²) in [7, 11) is -4.25. The molecule has 0 aliphatic rings. The summed E-state index contributed by atoms with van der Waals surface area (Å²) in [5.41, 5.74) is -0.452. The molecule has 2 aromatic heterocycles. The van der Waals surface area contributed by atoms with Crippen LogP contribution in [0.3, 0.4) is 0 Å². The maximum atomic E-state index is 13.0. The quantitative estimate of drug-likeness (QED) is 0.413. The van der Waals surface area contributed by atoms with E-state index in [-0.39, 0.29) is 21.1 Å². The number of nitrogens with zero attached hydrogens (tertiary/aromatic N) is 2. The van der Waals surface area contributed by atoms with Crippen molar-refractivity contribution in [3.05, 3.63) is 52.2 Å². The fraction of sp³-hybridized carbons (Fsp3) is 0.0667. The highest BCUT2D eigenvalue weighted by atomic mass is 79.9. The Labute approximate surface area is 163 Å². The van der Waals surface area contributed by atoms with Crippen LogP contribution in [0.2, 0.25) is 5.15 Å². The molecule has 0 radical (unpaired) electrons. The summed E-state index contributed by atoms with van der Waals surface area (Å²) < 4.78 is 68.3. The van der Waals surface area contributed by atoms with E-state index in [1.807, 2.05) is 0 Å². The van der Waals surface area contributed by atoms with Crippen LogP contribution in [0.15, 0.2) is 52.0 Å². The molecule has 0 saturated heterocycles. The molecule has 0 fully saturated rings. The van der Waals surface area contributed by atoms with Gasteiger partial charge in [0, 0.05) is 0 Å². The van der Waals surface area contributed by atoms with Crippen molar-refractivity contribution in [3.63, 3.8) is 0 Å². The van der Waals surface area contributed by atoms with E-state index in [9.17, 15) is 26.4 Å². The number of hydrogen-bond acceptors (Lipinski definition) is 5. The number of hydrogen-bond donors (Lipinski definition) is 0. The van der Waals surface area contributed by atoms with Gasteiger partial charge in [0.2, 0.25) is 0 Å². The number of halogens is 5. The first kappa shape index (κ1) is 19.6. The zero-order valence-electron chi connectivity index (χ0n) is 12.9. The van der Waals surface area contributed by atoms with Gasteiger partial charge in [0.05, 0.1) is 10.4 Å². The molecule has 6 nitrogen and oxygen atoms in total. The van der Waals surface area contributed by atoms with Crippen LogP contribution < -0.4 is 4.74 Å². The Morgan fingerprint density at radius 2 is 1.78 bits per heavy atom. The molecule has 0 saturated carbocycles. The molecule has 0 N–H and O–H groups in total. The van der Waals surface area contributed by atoms with Gasteiger partial charge in [-0.1, -0.05) is 29.8 Å². The van der Waals surface area contributed by atoms with E-state index in [4.69, 9.17) is 11.6 Å². The Bertz CT molecular complexity index is 1150. The highest BCUT2D eigenvalue weighted by Gasteiger charge is 2.43. The normalized spacial score (nSPS) is 12.3. The second-order valence-corrected chi connectivity index (χ2v) is 8.02. The van der Waals surface area contributed by atoms with Crippen LogP contribution in [-0.2, 0) is 14.8 Å². The van der Waals surface area contributed by atoms with Gasteiger partial charge in [-0.15, -0.1) is 0 Å². The maximum Gasteiger partial charge on any atom is 0.491 e. The molecule has 3 aromatic rings. The summed E-state index contributed by atoms with van der Waals surface area (Å²) in [5.74, 6) is -3.24. The van der Waals surface area contributed by atoms with Gasteiger partial charge in [0.15, 0.2) is 5.75 Å². The SMILES string of the molecule is O=C(Oc1c(Br)n(S(=O)(=O)c2ccccc2)c2ccc(Cl)nc12)C(F)(F)F. The number of alkyl halides is 3. The molecule has 0 aliphatic carbocycles. The molecular formula is C15H7BrClF3N2O4S. The topological polar surface area (TPSA) is 78.3 Å². The molecule has 0 bridgehead atoms. The van der Waals surface area contributed by atoms with E-state index < -0.39 is 32.5 Å². The first-order chi connectivity index (χ1) is 12.5. The number of carbonyl (C=O) groups is 1. The number of esters is 1. The number of rotatable bonds is 3. The number of ether oxygens (including phenoxy) is 1. The van der Waals surface area contributed by atoms with Gasteiger partial charge in [-0.25, -0.2) is 22.2 Å². The first-order valence-electron chi connectivity index (χ1n) is 6.99. The zero-order chi connectivity index (χ0) is 20.0. The molecule has 2 heterocycles. The summed E-state index contributed by atoms with van der Waals surface area (Å²) in [6.07, 6.45) is -5.29. The highest BCUT2D eigenvalue weighted by Crippen LogP contribution is 2.40. The van der Waals surface area contributed by atoms with Gasteiger partial charge in [-0.3, -0.25) is 0 Å². The maximum absolute atomic E-state index is 13.0. The molecule has 0 aliphatic heterocycles. The number of benzene rings is 1. The van der Waals surface area contributed by atoms with Crippen LogP contribution >= 0.6 is 27.5 Å². The van der Waals surface area contributed by atoms with Crippen molar-refractivity contribution in [1.82, 2.24) is 8.96 Å². The second-order valence-electron chi connectivity index (χ2n) is 5.09. The van der Waals surface area contributed by atoms with Crippen LogP contribution in [0.25, 0.3) is 11.0 Å². The van der Waals surface area contributed by atoms with E-state index in [1.54, 1.807) is 6.07 Å². The van der Waals surface area contributed by atoms with Crippen molar-refractivity contribution in [3.8, 4) is 5.75 Å². The lowest BCUT2D eigenvalue weighted by Crippen LogP contribution is -2.28. The largest absolute Gasteiger partial charge is 0.491 e. The summed E-state index contributed by atoms with van der Waals surface area (Å²) in [6, 6.07) is 9.65. The molecular weight excluding hydrogens is 477 g/mol. The van der Waals surface area contributed by atoms with Crippen molar-refractivity contribution in [2.75, 3.05) is 0 Å². The average Bonchev–Trinajstić information content (AvgIpc) is 2.87. The van der Waals surface area contributed by atoms with Gasteiger partial charge >= 0.3 is 12.1 Å². The van der Waals surface area contributed by atoms with E-state index in [0.29, 0.717) is 3.97 Å². The predicted molar refractivity (Wildman–Crippen MR) is 93.2 cm³/mol. The summed E-state index contributed by atoms with van der Waals surface area (Å²) >= 11 is 8.67. The van der Waals surface area contributed by atoms with Gasteiger partial charge in [0.1, 0.15) is 15.3 Å². The number of fused-ring (bicyclic) bond motifs is 1. The minimum Gasteiger partial charge on any atom is -0.415 e. The molecule has 0 atom stereocenters. The van der Waals surface area contributed by atoms with E-state index in [1.165, 1.54) is 36.4 Å². The third-order valence-corrected chi connectivity index (χ3v) is 6.24. The Hall–Kier alpha value is -2.11. The second kappa shape index (κ2) is 6.80. The third kappa shape index (κ3) is 3.54. The Kier molecular flexibility index (Phi) is 4.95. The molecule has 27 heavy (non-hydrogen) atoms. The van der Waals surface area contributed by atoms with Crippen LogP contribution in [-0.4, -0.2) is 29.5 Å². The average molecular weight is 484 g/mol. The number of pyridine rings is 1. The molecule has 0 unspecified atom stereocenters.